The summed E-state index contributed by atoms with van der Waals surface area (Å²) in [5.41, 5.74) is 0. The zero-order chi connectivity index (χ0) is 12.0. The van der Waals surface area contributed by atoms with E-state index < -0.39 is 9.84 Å². The summed E-state index contributed by atoms with van der Waals surface area (Å²) in [7, 11) is -3.26. The fraction of sp³-hybridized carbons (Fsp3) is 0.900. The third-order valence-corrected chi connectivity index (χ3v) is 4.37. The standard InChI is InChI=1S/C10H19NO4S/c12-7-9-16(14,15)8-4-10(13)11-5-2-1-3-6-11/h12H,1-9H2. The van der Waals surface area contributed by atoms with Gasteiger partial charge >= 0.3 is 0 Å². The van der Waals surface area contributed by atoms with Crippen LogP contribution in [0.5, 0.6) is 0 Å². The Balaban J connectivity index is 2.34. The van der Waals surface area contributed by atoms with Crippen LogP contribution in [0.4, 0.5) is 0 Å². The van der Waals surface area contributed by atoms with Crippen molar-refractivity contribution in [3.05, 3.63) is 0 Å². The van der Waals surface area contributed by atoms with E-state index in [4.69, 9.17) is 5.11 Å². The molecular formula is C10H19NO4S. The van der Waals surface area contributed by atoms with Crippen LogP contribution in [-0.4, -0.2) is 55.5 Å². The van der Waals surface area contributed by atoms with Crippen molar-refractivity contribution in [3.8, 4) is 0 Å². The lowest BCUT2D eigenvalue weighted by atomic mass is 10.1. The van der Waals surface area contributed by atoms with E-state index in [1.807, 2.05) is 0 Å². The van der Waals surface area contributed by atoms with Crippen molar-refractivity contribution in [2.45, 2.75) is 25.7 Å². The van der Waals surface area contributed by atoms with E-state index in [1.165, 1.54) is 0 Å². The van der Waals surface area contributed by atoms with E-state index in [1.54, 1.807) is 4.90 Å². The fourth-order valence-electron chi connectivity index (χ4n) is 1.79. The van der Waals surface area contributed by atoms with Gasteiger partial charge in [-0.3, -0.25) is 4.79 Å². The van der Waals surface area contributed by atoms with Crippen molar-refractivity contribution < 1.29 is 18.3 Å². The number of likely N-dealkylation sites (tertiary alicyclic amines) is 1. The Bertz CT molecular complexity index is 320. The van der Waals surface area contributed by atoms with Crippen LogP contribution in [0.3, 0.4) is 0 Å². The molecule has 1 fully saturated rings. The molecule has 1 amide bonds. The quantitative estimate of drug-likeness (QED) is 0.732. The summed E-state index contributed by atoms with van der Waals surface area (Å²) in [5, 5.41) is 8.54. The normalized spacial score (nSPS) is 17.4. The Hall–Kier alpha value is -0.620. The van der Waals surface area contributed by atoms with Gasteiger partial charge in [0.2, 0.25) is 5.91 Å². The molecule has 0 saturated carbocycles. The van der Waals surface area contributed by atoms with Crippen LogP contribution in [0.15, 0.2) is 0 Å². The van der Waals surface area contributed by atoms with Crippen LogP contribution in [0.25, 0.3) is 0 Å². The maximum Gasteiger partial charge on any atom is 0.223 e. The molecule has 0 spiro atoms. The second-order valence-electron chi connectivity index (χ2n) is 4.07. The maximum atomic E-state index is 11.6. The number of carbonyl (C=O) groups excluding carboxylic acids is 1. The van der Waals surface area contributed by atoms with Crippen LogP contribution in [0.1, 0.15) is 25.7 Å². The first-order valence-corrected chi connectivity index (χ1v) is 7.46. The third-order valence-electron chi connectivity index (χ3n) is 2.74. The number of nitrogens with zero attached hydrogens (tertiary/aromatic N) is 1. The average molecular weight is 249 g/mol. The summed E-state index contributed by atoms with van der Waals surface area (Å²) in [5.74, 6) is -0.482. The maximum absolute atomic E-state index is 11.6. The van der Waals surface area contributed by atoms with E-state index in [-0.39, 0.29) is 30.4 Å². The Morgan fingerprint density at radius 1 is 1.12 bits per heavy atom. The zero-order valence-electron chi connectivity index (χ0n) is 9.39. The highest BCUT2D eigenvalue weighted by molar-refractivity contribution is 7.91. The first-order valence-electron chi connectivity index (χ1n) is 5.64. The summed E-state index contributed by atoms with van der Waals surface area (Å²) in [6, 6.07) is 0. The number of hydrogen-bond donors (Lipinski definition) is 1. The van der Waals surface area contributed by atoms with Crippen LogP contribution in [-0.2, 0) is 14.6 Å². The molecule has 1 aliphatic rings. The van der Waals surface area contributed by atoms with Crippen molar-refractivity contribution in [1.82, 2.24) is 4.90 Å². The molecule has 0 unspecified atom stereocenters. The van der Waals surface area contributed by atoms with E-state index in [0.29, 0.717) is 0 Å². The number of amides is 1. The number of sulfone groups is 1. The molecule has 0 aromatic heterocycles. The highest BCUT2D eigenvalue weighted by Gasteiger charge is 2.19. The monoisotopic (exact) mass is 249 g/mol. The molecule has 0 aliphatic carbocycles. The predicted molar refractivity (Wildman–Crippen MR) is 60.8 cm³/mol. The molecule has 5 nitrogen and oxygen atoms in total. The zero-order valence-corrected chi connectivity index (χ0v) is 10.2. The SMILES string of the molecule is O=C(CCS(=O)(=O)CCO)N1CCCCC1. The van der Waals surface area contributed by atoms with Crippen molar-refractivity contribution in [2.24, 2.45) is 0 Å². The summed E-state index contributed by atoms with van der Waals surface area (Å²) in [6.07, 6.45) is 3.21. The third kappa shape index (κ3) is 4.49. The van der Waals surface area contributed by atoms with Gasteiger partial charge in [0.05, 0.1) is 18.1 Å². The Kier molecular flexibility index (Phi) is 5.21. The summed E-state index contributed by atoms with van der Waals surface area (Å²) in [6.45, 7) is 1.12. The molecule has 0 radical (unpaired) electrons. The first kappa shape index (κ1) is 13.4. The highest BCUT2D eigenvalue weighted by atomic mass is 32.2. The number of rotatable bonds is 5. The fourth-order valence-corrected chi connectivity index (χ4v) is 2.75. The lowest BCUT2D eigenvalue weighted by Crippen LogP contribution is -2.36. The topological polar surface area (TPSA) is 74.7 Å². The van der Waals surface area contributed by atoms with Gasteiger partial charge in [0.25, 0.3) is 0 Å². The second kappa shape index (κ2) is 6.20. The van der Waals surface area contributed by atoms with Gasteiger partial charge in [0.15, 0.2) is 9.84 Å². The Labute approximate surface area is 96.4 Å². The molecule has 1 aliphatic heterocycles. The van der Waals surface area contributed by atoms with Gasteiger partial charge < -0.3 is 10.0 Å². The molecule has 16 heavy (non-hydrogen) atoms. The number of aliphatic hydroxyl groups excluding tert-OH is 1. The van der Waals surface area contributed by atoms with Gasteiger partial charge in [0, 0.05) is 19.5 Å². The molecule has 0 aromatic rings. The molecule has 0 atom stereocenters. The van der Waals surface area contributed by atoms with Crippen molar-refractivity contribution in [3.63, 3.8) is 0 Å². The molecule has 6 heteroatoms. The van der Waals surface area contributed by atoms with E-state index >= 15 is 0 Å². The van der Waals surface area contributed by atoms with Gasteiger partial charge in [0.1, 0.15) is 0 Å². The van der Waals surface area contributed by atoms with E-state index in [0.717, 1.165) is 32.4 Å². The molecule has 1 saturated heterocycles. The number of carbonyl (C=O) groups is 1. The summed E-state index contributed by atoms with van der Waals surface area (Å²) in [4.78, 5) is 13.4. The minimum atomic E-state index is -3.26. The number of piperidine rings is 1. The van der Waals surface area contributed by atoms with Gasteiger partial charge in [-0.1, -0.05) is 0 Å². The summed E-state index contributed by atoms with van der Waals surface area (Å²) < 4.78 is 22.6. The Morgan fingerprint density at radius 3 is 2.31 bits per heavy atom. The Morgan fingerprint density at radius 2 is 1.75 bits per heavy atom. The molecule has 94 valence electrons. The van der Waals surface area contributed by atoms with Crippen LogP contribution in [0.2, 0.25) is 0 Å². The molecule has 1 rings (SSSR count). The van der Waals surface area contributed by atoms with Crippen molar-refractivity contribution in [1.29, 1.82) is 0 Å². The molecular weight excluding hydrogens is 230 g/mol. The van der Waals surface area contributed by atoms with E-state index in [9.17, 15) is 13.2 Å². The van der Waals surface area contributed by atoms with Crippen LogP contribution >= 0.6 is 0 Å². The smallest absolute Gasteiger partial charge is 0.223 e. The van der Waals surface area contributed by atoms with Gasteiger partial charge in [-0.15, -0.1) is 0 Å². The van der Waals surface area contributed by atoms with Crippen LogP contribution < -0.4 is 0 Å². The predicted octanol–water partition coefficient (Wildman–Crippen LogP) is -0.204. The van der Waals surface area contributed by atoms with Crippen molar-refractivity contribution >= 4 is 15.7 Å². The molecule has 0 bridgehead atoms. The van der Waals surface area contributed by atoms with Crippen molar-refractivity contribution in [2.75, 3.05) is 31.2 Å². The lowest BCUT2D eigenvalue weighted by Gasteiger charge is -2.26. The summed E-state index contributed by atoms with van der Waals surface area (Å²) >= 11 is 0. The second-order valence-corrected chi connectivity index (χ2v) is 6.37. The number of aliphatic hydroxyl groups is 1. The molecule has 1 heterocycles. The molecule has 1 N–H and O–H groups in total. The first-order chi connectivity index (χ1) is 7.55. The minimum absolute atomic E-state index is 0.0440. The molecule has 0 aromatic carbocycles. The number of hydrogen-bond acceptors (Lipinski definition) is 4. The highest BCUT2D eigenvalue weighted by Crippen LogP contribution is 2.10. The lowest BCUT2D eigenvalue weighted by molar-refractivity contribution is -0.131. The largest absolute Gasteiger partial charge is 0.395 e. The van der Waals surface area contributed by atoms with Gasteiger partial charge in [-0.25, -0.2) is 8.42 Å². The van der Waals surface area contributed by atoms with Gasteiger partial charge in [-0.2, -0.15) is 0 Å². The average Bonchev–Trinajstić information content (AvgIpc) is 2.27. The van der Waals surface area contributed by atoms with Crippen LogP contribution in [0, 0.1) is 0 Å². The minimum Gasteiger partial charge on any atom is -0.395 e. The van der Waals surface area contributed by atoms with Gasteiger partial charge in [-0.05, 0) is 19.3 Å². The van der Waals surface area contributed by atoms with E-state index in [2.05, 4.69) is 0 Å².